The first-order valence-corrected chi connectivity index (χ1v) is 6.41. The highest BCUT2D eigenvalue weighted by Gasteiger charge is 2.30. The minimum Gasteiger partial charge on any atom is -0.383 e. The van der Waals surface area contributed by atoms with E-state index in [2.05, 4.69) is 15.3 Å². The third kappa shape index (κ3) is 3.62. The van der Waals surface area contributed by atoms with E-state index in [0.29, 0.717) is 23.6 Å². The highest BCUT2D eigenvalue weighted by atomic mass is 19.4. The van der Waals surface area contributed by atoms with E-state index in [1.807, 2.05) is 6.92 Å². The van der Waals surface area contributed by atoms with E-state index in [4.69, 9.17) is 5.73 Å². The molecule has 0 saturated carbocycles. The third-order valence-corrected chi connectivity index (χ3v) is 3.05. The Hall–Kier alpha value is -2.31. The summed E-state index contributed by atoms with van der Waals surface area (Å²) in [5.74, 6) is 0.918. The average molecular weight is 296 g/mol. The molecule has 0 aliphatic heterocycles. The highest BCUT2D eigenvalue weighted by Crippen LogP contribution is 2.29. The lowest BCUT2D eigenvalue weighted by atomic mass is 10.1. The van der Waals surface area contributed by atoms with Gasteiger partial charge in [-0.15, -0.1) is 0 Å². The number of anilines is 2. The first kappa shape index (κ1) is 15.1. The second-order valence-electron chi connectivity index (χ2n) is 4.49. The molecule has 0 amide bonds. The van der Waals surface area contributed by atoms with E-state index in [0.717, 1.165) is 17.7 Å². The van der Waals surface area contributed by atoms with Gasteiger partial charge in [0.15, 0.2) is 0 Å². The molecule has 2 rings (SSSR count). The van der Waals surface area contributed by atoms with Crippen molar-refractivity contribution in [3.8, 4) is 0 Å². The fourth-order valence-electron chi connectivity index (χ4n) is 1.97. The molecule has 1 aromatic carbocycles. The van der Waals surface area contributed by atoms with Gasteiger partial charge in [-0.3, -0.25) is 0 Å². The van der Waals surface area contributed by atoms with E-state index in [9.17, 15) is 13.2 Å². The van der Waals surface area contributed by atoms with Gasteiger partial charge in [0, 0.05) is 12.1 Å². The molecule has 0 bridgehead atoms. The van der Waals surface area contributed by atoms with Gasteiger partial charge in [-0.1, -0.05) is 19.1 Å². The Morgan fingerprint density at radius 2 is 2.00 bits per heavy atom. The molecule has 0 atom stereocenters. The summed E-state index contributed by atoms with van der Waals surface area (Å²) >= 11 is 0. The maximum atomic E-state index is 12.6. The number of alkyl halides is 3. The topological polar surface area (TPSA) is 63.8 Å². The zero-order valence-electron chi connectivity index (χ0n) is 11.4. The normalized spacial score (nSPS) is 11.4. The lowest BCUT2D eigenvalue weighted by molar-refractivity contribution is -0.137. The van der Waals surface area contributed by atoms with E-state index in [1.54, 1.807) is 6.07 Å². The number of hydrogen-bond donors (Lipinski definition) is 2. The molecule has 112 valence electrons. The van der Waals surface area contributed by atoms with E-state index >= 15 is 0 Å². The number of nitrogens with zero attached hydrogens (tertiary/aromatic N) is 2. The molecule has 1 aromatic heterocycles. The SMILES string of the molecule is CCc1c(N)ncnc1NCc1cccc(C(F)(F)F)c1. The van der Waals surface area contributed by atoms with Crippen LogP contribution in [0, 0.1) is 0 Å². The van der Waals surface area contributed by atoms with Gasteiger partial charge in [0.25, 0.3) is 0 Å². The number of hydrogen-bond acceptors (Lipinski definition) is 4. The van der Waals surface area contributed by atoms with Crippen LogP contribution < -0.4 is 11.1 Å². The molecule has 0 aliphatic carbocycles. The number of benzene rings is 1. The molecule has 2 aromatic rings. The minimum absolute atomic E-state index is 0.230. The molecular formula is C14H15F3N4. The van der Waals surface area contributed by atoms with Crippen molar-refractivity contribution >= 4 is 11.6 Å². The van der Waals surface area contributed by atoms with Gasteiger partial charge >= 0.3 is 6.18 Å². The zero-order chi connectivity index (χ0) is 15.5. The van der Waals surface area contributed by atoms with E-state index in [-0.39, 0.29) is 6.54 Å². The standard InChI is InChI=1S/C14H15F3N4/c1-2-11-12(18)20-8-21-13(11)19-7-9-4-3-5-10(6-9)14(15,16)17/h3-6,8H,2,7H2,1H3,(H3,18,19,20,21). The second-order valence-corrected chi connectivity index (χ2v) is 4.49. The third-order valence-electron chi connectivity index (χ3n) is 3.05. The molecule has 21 heavy (non-hydrogen) atoms. The van der Waals surface area contributed by atoms with Crippen LogP contribution in [0.1, 0.15) is 23.6 Å². The molecule has 7 heteroatoms. The second kappa shape index (κ2) is 5.99. The van der Waals surface area contributed by atoms with Crippen LogP contribution in [0.3, 0.4) is 0 Å². The summed E-state index contributed by atoms with van der Waals surface area (Å²) in [5.41, 5.74) is 6.35. The number of nitrogen functional groups attached to an aromatic ring is 1. The quantitative estimate of drug-likeness (QED) is 0.909. The molecule has 0 spiro atoms. The van der Waals surface area contributed by atoms with Crippen LogP contribution >= 0.6 is 0 Å². The molecular weight excluding hydrogens is 281 g/mol. The van der Waals surface area contributed by atoms with Gasteiger partial charge in [-0.2, -0.15) is 13.2 Å². The molecule has 4 nitrogen and oxygen atoms in total. The summed E-state index contributed by atoms with van der Waals surface area (Å²) in [5, 5.41) is 3.00. The predicted octanol–water partition coefficient (Wildman–Crippen LogP) is 3.25. The van der Waals surface area contributed by atoms with Gasteiger partial charge in [0.05, 0.1) is 5.56 Å². The fourth-order valence-corrected chi connectivity index (χ4v) is 1.97. The number of rotatable bonds is 4. The first-order valence-electron chi connectivity index (χ1n) is 6.41. The van der Waals surface area contributed by atoms with Crippen LogP contribution in [0.4, 0.5) is 24.8 Å². The minimum atomic E-state index is -4.34. The van der Waals surface area contributed by atoms with E-state index in [1.165, 1.54) is 12.4 Å². The van der Waals surface area contributed by atoms with Crippen molar-refractivity contribution in [2.24, 2.45) is 0 Å². The van der Waals surface area contributed by atoms with Crippen LogP contribution in [0.5, 0.6) is 0 Å². The van der Waals surface area contributed by atoms with Crippen molar-refractivity contribution in [2.75, 3.05) is 11.1 Å². The van der Waals surface area contributed by atoms with Gasteiger partial charge < -0.3 is 11.1 Å². The molecule has 1 heterocycles. The van der Waals surface area contributed by atoms with Crippen molar-refractivity contribution < 1.29 is 13.2 Å². The Balaban J connectivity index is 2.16. The molecule has 0 radical (unpaired) electrons. The molecule has 0 saturated heterocycles. The van der Waals surface area contributed by atoms with Crippen molar-refractivity contribution in [1.82, 2.24) is 9.97 Å². The number of halogens is 3. The summed E-state index contributed by atoms with van der Waals surface area (Å²) < 4.78 is 37.9. The summed E-state index contributed by atoms with van der Waals surface area (Å²) in [6, 6.07) is 5.17. The number of nitrogens with one attached hydrogen (secondary N) is 1. The van der Waals surface area contributed by atoms with Crippen molar-refractivity contribution in [1.29, 1.82) is 0 Å². The fraction of sp³-hybridized carbons (Fsp3) is 0.286. The Morgan fingerprint density at radius 1 is 1.24 bits per heavy atom. The van der Waals surface area contributed by atoms with Crippen LogP contribution in [0.15, 0.2) is 30.6 Å². The molecule has 0 aliphatic rings. The Morgan fingerprint density at radius 3 is 2.67 bits per heavy atom. The lowest BCUT2D eigenvalue weighted by Crippen LogP contribution is -2.09. The zero-order valence-corrected chi connectivity index (χ0v) is 11.4. The molecule has 0 fully saturated rings. The van der Waals surface area contributed by atoms with Gasteiger partial charge in [0.2, 0.25) is 0 Å². The largest absolute Gasteiger partial charge is 0.416 e. The van der Waals surface area contributed by atoms with E-state index < -0.39 is 11.7 Å². The van der Waals surface area contributed by atoms with Gasteiger partial charge in [-0.05, 0) is 24.1 Å². The van der Waals surface area contributed by atoms with Crippen molar-refractivity contribution in [2.45, 2.75) is 26.1 Å². The number of aromatic nitrogens is 2. The van der Waals surface area contributed by atoms with Crippen molar-refractivity contribution in [3.05, 3.63) is 47.3 Å². The molecule has 0 unspecified atom stereocenters. The summed E-state index contributed by atoms with van der Waals surface area (Å²) in [4.78, 5) is 7.96. The van der Waals surface area contributed by atoms with Crippen LogP contribution in [-0.2, 0) is 19.1 Å². The van der Waals surface area contributed by atoms with Crippen LogP contribution in [0.25, 0.3) is 0 Å². The maximum Gasteiger partial charge on any atom is 0.416 e. The first-order chi connectivity index (χ1) is 9.91. The average Bonchev–Trinajstić information content (AvgIpc) is 2.44. The van der Waals surface area contributed by atoms with Crippen LogP contribution in [0.2, 0.25) is 0 Å². The summed E-state index contributed by atoms with van der Waals surface area (Å²) in [6.07, 6.45) is -2.38. The van der Waals surface area contributed by atoms with Gasteiger partial charge in [-0.25, -0.2) is 9.97 Å². The summed E-state index contributed by atoms with van der Waals surface area (Å²) in [7, 11) is 0. The molecule has 3 N–H and O–H groups in total. The Labute approximate surface area is 120 Å². The summed E-state index contributed by atoms with van der Waals surface area (Å²) in [6.45, 7) is 2.14. The Bertz CT molecular complexity index is 626. The smallest absolute Gasteiger partial charge is 0.383 e. The highest BCUT2D eigenvalue weighted by molar-refractivity contribution is 5.55. The monoisotopic (exact) mass is 296 g/mol. The lowest BCUT2D eigenvalue weighted by Gasteiger charge is -2.12. The van der Waals surface area contributed by atoms with Crippen LogP contribution in [-0.4, -0.2) is 9.97 Å². The number of nitrogens with two attached hydrogens (primary N) is 1. The maximum absolute atomic E-state index is 12.6. The Kier molecular flexibility index (Phi) is 4.30. The van der Waals surface area contributed by atoms with Gasteiger partial charge in [0.1, 0.15) is 18.0 Å². The predicted molar refractivity (Wildman–Crippen MR) is 74.6 cm³/mol. The van der Waals surface area contributed by atoms with Crippen molar-refractivity contribution in [3.63, 3.8) is 0 Å².